The van der Waals surface area contributed by atoms with Gasteiger partial charge in [0.05, 0.1) is 0 Å². The molecule has 0 aliphatic heterocycles. The van der Waals surface area contributed by atoms with Crippen molar-refractivity contribution < 1.29 is 14.3 Å². The maximum Gasteiger partial charge on any atom is 0.328 e. The fourth-order valence-electron chi connectivity index (χ4n) is 1.42. The number of hydrogen-bond donors (Lipinski definition) is 1. The molecule has 0 saturated heterocycles. The van der Waals surface area contributed by atoms with Crippen molar-refractivity contribution in [1.29, 1.82) is 0 Å². The van der Waals surface area contributed by atoms with Crippen molar-refractivity contribution in [3.63, 3.8) is 0 Å². The largest absolute Gasteiger partial charge is 0.454 e. The molecule has 20 heavy (non-hydrogen) atoms. The number of carbonyl (C=O) groups is 2. The maximum atomic E-state index is 11.5. The minimum Gasteiger partial charge on any atom is -0.454 e. The van der Waals surface area contributed by atoms with E-state index in [-0.39, 0.29) is 19.1 Å². The highest BCUT2D eigenvalue weighted by Gasteiger charge is 2.08. The molecule has 1 aromatic carbocycles. The van der Waals surface area contributed by atoms with Gasteiger partial charge >= 0.3 is 5.97 Å². The number of esters is 1. The zero-order valence-corrected chi connectivity index (χ0v) is 10.6. The molecule has 0 aliphatic rings. The van der Waals surface area contributed by atoms with Gasteiger partial charge in [-0.3, -0.25) is 9.59 Å². The van der Waals surface area contributed by atoms with Gasteiger partial charge in [-0.1, -0.05) is 30.3 Å². The number of nitrogens with zero attached hydrogens (tertiary/aromatic N) is 4. The third-order valence-electron chi connectivity index (χ3n) is 2.38. The van der Waals surface area contributed by atoms with Crippen LogP contribution in [0.4, 0.5) is 0 Å². The Hall–Kier alpha value is -2.77. The number of tetrazole rings is 1. The van der Waals surface area contributed by atoms with Gasteiger partial charge in [0.25, 0.3) is 5.91 Å². The Balaban J connectivity index is 1.66. The van der Waals surface area contributed by atoms with Gasteiger partial charge in [-0.15, -0.1) is 5.10 Å². The zero-order valence-electron chi connectivity index (χ0n) is 10.6. The fraction of sp³-hybridized carbons (Fsp3) is 0.250. The van der Waals surface area contributed by atoms with Crippen LogP contribution in [-0.2, 0) is 27.4 Å². The Morgan fingerprint density at radius 1 is 1.25 bits per heavy atom. The molecule has 0 fully saturated rings. The maximum absolute atomic E-state index is 11.5. The van der Waals surface area contributed by atoms with E-state index < -0.39 is 5.97 Å². The number of benzene rings is 1. The Morgan fingerprint density at radius 3 is 2.75 bits per heavy atom. The molecule has 2 aromatic rings. The Bertz CT molecular complexity index is 556. The molecule has 1 amide bonds. The van der Waals surface area contributed by atoms with Gasteiger partial charge in [0, 0.05) is 6.54 Å². The molecule has 0 radical (unpaired) electrons. The summed E-state index contributed by atoms with van der Waals surface area (Å²) in [5, 5.41) is 12.9. The predicted octanol–water partition coefficient (Wildman–Crippen LogP) is -0.467. The first-order valence-electron chi connectivity index (χ1n) is 5.91. The quantitative estimate of drug-likeness (QED) is 0.716. The number of carbonyl (C=O) groups excluding carboxylic acids is 2. The van der Waals surface area contributed by atoms with Crippen molar-refractivity contribution in [3.05, 3.63) is 42.2 Å². The molecule has 1 aromatic heterocycles. The molecule has 8 nitrogen and oxygen atoms in total. The van der Waals surface area contributed by atoms with E-state index in [1.807, 2.05) is 30.3 Å². The summed E-state index contributed by atoms with van der Waals surface area (Å²) in [5.41, 5.74) is 0.973. The van der Waals surface area contributed by atoms with E-state index in [4.69, 9.17) is 4.74 Å². The first kappa shape index (κ1) is 13.7. The summed E-state index contributed by atoms with van der Waals surface area (Å²) < 4.78 is 6.01. The first-order chi connectivity index (χ1) is 9.74. The van der Waals surface area contributed by atoms with E-state index in [2.05, 4.69) is 20.8 Å². The van der Waals surface area contributed by atoms with Crippen LogP contribution in [-0.4, -0.2) is 38.7 Å². The van der Waals surface area contributed by atoms with E-state index in [9.17, 15) is 9.59 Å². The normalized spacial score (nSPS) is 10.0. The predicted molar refractivity (Wildman–Crippen MR) is 67.1 cm³/mol. The summed E-state index contributed by atoms with van der Waals surface area (Å²) in [4.78, 5) is 22.9. The average molecular weight is 275 g/mol. The number of nitrogens with one attached hydrogen (secondary N) is 1. The average Bonchev–Trinajstić information content (AvgIpc) is 2.97. The van der Waals surface area contributed by atoms with Crippen LogP contribution >= 0.6 is 0 Å². The third-order valence-corrected chi connectivity index (χ3v) is 2.38. The lowest BCUT2D eigenvalue weighted by Crippen LogP contribution is -2.29. The molecule has 0 bridgehead atoms. The number of aromatic nitrogens is 4. The van der Waals surface area contributed by atoms with Crippen LogP contribution < -0.4 is 5.32 Å². The topological polar surface area (TPSA) is 99.0 Å². The summed E-state index contributed by atoms with van der Waals surface area (Å²) >= 11 is 0. The number of ether oxygens (including phenoxy) is 1. The molecule has 0 spiro atoms. The molecule has 0 aliphatic carbocycles. The molecule has 104 valence electrons. The van der Waals surface area contributed by atoms with Crippen molar-refractivity contribution in [2.24, 2.45) is 0 Å². The minimum absolute atomic E-state index is 0.126. The standard InChI is InChI=1S/C12H13N5O3/c18-11(13-6-10-4-2-1-3-5-10)8-20-12(19)7-17-9-14-15-16-17/h1-5,9H,6-8H2,(H,13,18). The Labute approximate surface area is 114 Å². The zero-order chi connectivity index (χ0) is 14.2. The van der Waals surface area contributed by atoms with Crippen molar-refractivity contribution in [2.75, 3.05) is 6.61 Å². The van der Waals surface area contributed by atoms with Crippen LogP contribution in [0, 0.1) is 0 Å². The molecule has 0 atom stereocenters. The second-order valence-electron chi connectivity index (χ2n) is 3.93. The molecular formula is C12H13N5O3. The highest BCUT2D eigenvalue weighted by Crippen LogP contribution is 1.97. The molecule has 1 N–H and O–H groups in total. The van der Waals surface area contributed by atoms with Gasteiger partial charge in [-0.25, -0.2) is 4.68 Å². The van der Waals surface area contributed by atoms with Gasteiger partial charge in [0.15, 0.2) is 6.61 Å². The second kappa shape index (κ2) is 6.98. The van der Waals surface area contributed by atoms with E-state index in [0.29, 0.717) is 6.54 Å². The lowest BCUT2D eigenvalue weighted by molar-refractivity contribution is -0.149. The monoisotopic (exact) mass is 275 g/mol. The van der Waals surface area contributed by atoms with E-state index in [1.54, 1.807) is 0 Å². The first-order valence-corrected chi connectivity index (χ1v) is 5.91. The van der Waals surface area contributed by atoms with E-state index >= 15 is 0 Å². The summed E-state index contributed by atoms with van der Waals surface area (Å²) in [5.74, 6) is -0.939. The number of rotatable bonds is 6. The SMILES string of the molecule is O=C(COC(=O)Cn1cnnn1)NCc1ccccc1. The van der Waals surface area contributed by atoms with E-state index in [0.717, 1.165) is 5.56 Å². The highest BCUT2D eigenvalue weighted by molar-refractivity contribution is 5.80. The molecule has 0 saturated carbocycles. The lowest BCUT2D eigenvalue weighted by Gasteiger charge is -2.06. The van der Waals surface area contributed by atoms with Crippen LogP contribution in [0.15, 0.2) is 36.7 Å². The summed E-state index contributed by atoms with van der Waals surface area (Å²) in [6.45, 7) is -0.0586. The summed E-state index contributed by atoms with van der Waals surface area (Å²) in [6, 6.07) is 9.45. The van der Waals surface area contributed by atoms with Gasteiger partial charge in [0.1, 0.15) is 12.9 Å². The van der Waals surface area contributed by atoms with Gasteiger partial charge < -0.3 is 10.1 Å². The number of amides is 1. The smallest absolute Gasteiger partial charge is 0.328 e. The van der Waals surface area contributed by atoms with Gasteiger partial charge in [0.2, 0.25) is 0 Å². The van der Waals surface area contributed by atoms with Crippen LogP contribution in [0.1, 0.15) is 5.56 Å². The third kappa shape index (κ3) is 4.48. The van der Waals surface area contributed by atoms with Crippen LogP contribution in [0.25, 0.3) is 0 Å². The van der Waals surface area contributed by atoms with Crippen molar-refractivity contribution in [3.8, 4) is 0 Å². The van der Waals surface area contributed by atoms with Crippen LogP contribution in [0.2, 0.25) is 0 Å². The fourth-order valence-corrected chi connectivity index (χ4v) is 1.42. The van der Waals surface area contributed by atoms with Gasteiger partial charge in [-0.2, -0.15) is 0 Å². The van der Waals surface area contributed by atoms with E-state index in [1.165, 1.54) is 11.0 Å². The lowest BCUT2D eigenvalue weighted by atomic mass is 10.2. The van der Waals surface area contributed by atoms with Crippen molar-refractivity contribution in [1.82, 2.24) is 25.5 Å². The molecular weight excluding hydrogens is 262 g/mol. The minimum atomic E-state index is -0.577. The number of hydrogen-bond acceptors (Lipinski definition) is 6. The Kier molecular flexibility index (Phi) is 4.76. The molecule has 2 rings (SSSR count). The Morgan fingerprint density at radius 2 is 2.05 bits per heavy atom. The second-order valence-corrected chi connectivity index (χ2v) is 3.93. The highest BCUT2D eigenvalue weighted by atomic mass is 16.5. The molecule has 1 heterocycles. The van der Waals surface area contributed by atoms with Crippen molar-refractivity contribution >= 4 is 11.9 Å². The van der Waals surface area contributed by atoms with Crippen molar-refractivity contribution in [2.45, 2.75) is 13.1 Å². The van der Waals surface area contributed by atoms with Crippen LogP contribution in [0.3, 0.4) is 0 Å². The van der Waals surface area contributed by atoms with Crippen LogP contribution in [0.5, 0.6) is 0 Å². The molecule has 0 unspecified atom stereocenters. The van der Waals surface area contributed by atoms with Gasteiger partial charge in [-0.05, 0) is 16.0 Å². The summed E-state index contributed by atoms with van der Waals surface area (Å²) in [7, 11) is 0. The molecule has 8 heteroatoms. The summed E-state index contributed by atoms with van der Waals surface area (Å²) in [6.07, 6.45) is 1.29.